The Bertz CT molecular complexity index is 1230. The van der Waals surface area contributed by atoms with E-state index in [1.54, 1.807) is 11.0 Å². The van der Waals surface area contributed by atoms with Gasteiger partial charge in [-0.15, -0.1) is 0 Å². The standard InChI is InChI=1S/C24H28N2O7S/c1-24(2,3)19-12-16(26-11-10-17(27)14-21(26)28)13-20(22(19)32-4)25-23(29)15-6-8-18(9-7-15)33-34(5,30)31/h6-9,12-13H,10-11,14H2,1-5H3,(H,25,29). The first-order valence-corrected chi connectivity index (χ1v) is 12.5. The van der Waals surface area contributed by atoms with E-state index in [9.17, 15) is 22.8 Å². The SMILES string of the molecule is COc1c(NC(=O)c2ccc(OS(C)(=O)=O)cc2)cc(N2CCC(=O)CC2=O)cc1C(C)(C)C. The molecule has 1 heterocycles. The van der Waals surface area contributed by atoms with Crippen molar-refractivity contribution in [2.24, 2.45) is 0 Å². The number of anilines is 2. The Kier molecular flexibility index (Phi) is 7.02. The fourth-order valence-electron chi connectivity index (χ4n) is 3.66. The number of Topliss-reactive ketones (excluding diaryl/α,β-unsaturated/α-hetero) is 1. The molecule has 2 aromatic rings. The van der Waals surface area contributed by atoms with Crippen LogP contribution in [-0.2, 0) is 25.1 Å². The summed E-state index contributed by atoms with van der Waals surface area (Å²) in [5.41, 5.74) is 1.61. The number of carbonyl (C=O) groups is 3. The van der Waals surface area contributed by atoms with Crippen molar-refractivity contribution in [3.8, 4) is 11.5 Å². The number of piperidine rings is 1. The summed E-state index contributed by atoms with van der Waals surface area (Å²) < 4.78 is 33.0. The van der Waals surface area contributed by atoms with Crippen molar-refractivity contribution in [3.05, 3.63) is 47.5 Å². The lowest BCUT2D eigenvalue weighted by atomic mass is 9.85. The predicted molar refractivity (Wildman–Crippen MR) is 128 cm³/mol. The lowest BCUT2D eigenvalue weighted by Crippen LogP contribution is -2.39. The zero-order valence-corrected chi connectivity index (χ0v) is 20.6. The van der Waals surface area contributed by atoms with Gasteiger partial charge in [0.1, 0.15) is 17.3 Å². The average molecular weight is 489 g/mol. The van der Waals surface area contributed by atoms with Crippen LogP contribution in [0.2, 0.25) is 0 Å². The lowest BCUT2D eigenvalue weighted by Gasteiger charge is -2.30. The van der Waals surface area contributed by atoms with Crippen LogP contribution in [0.1, 0.15) is 49.5 Å². The number of benzene rings is 2. The molecule has 1 aliphatic rings. The van der Waals surface area contributed by atoms with E-state index >= 15 is 0 Å². The molecule has 0 bridgehead atoms. The second-order valence-electron chi connectivity index (χ2n) is 9.10. The first-order chi connectivity index (χ1) is 15.8. The van der Waals surface area contributed by atoms with Gasteiger partial charge in [0.05, 0.1) is 25.5 Å². The van der Waals surface area contributed by atoms with Crippen molar-refractivity contribution in [2.45, 2.75) is 39.0 Å². The van der Waals surface area contributed by atoms with Gasteiger partial charge < -0.3 is 19.1 Å². The van der Waals surface area contributed by atoms with Crippen molar-refractivity contribution in [1.29, 1.82) is 0 Å². The molecule has 1 N–H and O–H groups in total. The second kappa shape index (κ2) is 9.46. The molecule has 10 heteroatoms. The predicted octanol–water partition coefficient (Wildman–Crippen LogP) is 3.28. The molecule has 1 aliphatic heterocycles. The number of nitrogens with zero attached hydrogens (tertiary/aromatic N) is 1. The first kappa shape index (κ1) is 25.2. The Morgan fingerprint density at radius 3 is 2.26 bits per heavy atom. The Labute approximate surface area is 199 Å². The molecule has 182 valence electrons. The monoisotopic (exact) mass is 488 g/mol. The topological polar surface area (TPSA) is 119 Å². The van der Waals surface area contributed by atoms with Gasteiger partial charge in [-0.3, -0.25) is 14.4 Å². The Morgan fingerprint density at radius 2 is 1.74 bits per heavy atom. The molecule has 0 aromatic heterocycles. The summed E-state index contributed by atoms with van der Waals surface area (Å²) in [7, 11) is -2.18. The van der Waals surface area contributed by atoms with Gasteiger partial charge in [0.15, 0.2) is 0 Å². The van der Waals surface area contributed by atoms with Gasteiger partial charge in [0.2, 0.25) is 5.91 Å². The number of ketones is 1. The van der Waals surface area contributed by atoms with Gasteiger partial charge in [0.25, 0.3) is 5.91 Å². The van der Waals surface area contributed by atoms with Crippen LogP contribution in [-0.4, -0.2) is 45.9 Å². The van der Waals surface area contributed by atoms with Gasteiger partial charge in [-0.25, -0.2) is 0 Å². The zero-order chi connectivity index (χ0) is 25.3. The molecule has 9 nitrogen and oxygen atoms in total. The van der Waals surface area contributed by atoms with Crippen LogP contribution in [0.4, 0.5) is 11.4 Å². The molecule has 3 rings (SSSR count). The summed E-state index contributed by atoms with van der Waals surface area (Å²) in [6.45, 7) is 6.23. The highest BCUT2D eigenvalue weighted by Gasteiger charge is 2.29. The van der Waals surface area contributed by atoms with Gasteiger partial charge in [-0.2, -0.15) is 8.42 Å². The number of hydrogen-bond donors (Lipinski definition) is 1. The zero-order valence-electron chi connectivity index (χ0n) is 19.8. The van der Waals surface area contributed by atoms with Crippen LogP contribution in [0.5, 0.6) is 11.5 Å². The van der Waals surface area contributed by atoms with Gasteiger partial charge >= 0.3 is 10.1 Å². The van der Waals surface area contributed by atoms with Crippen molar-refractivity contribution in [1.82, 2.24) is 0 Å². The summed E-state index contributed by atoms with van der Waals surface area (Å²) in [6.07, 6.45) is 1.05. The molecular formula is C24H28N2O7S. The van der Waals surface area contributed by atoms with E-state index in [4.69, 9.17) is 8.92 Å². The highest BCUT2D eigenvalue weighted by Crippen LogP contribution is 2.41. The molecule has 2 amide bonds. The van der Waals surface area contributed by atoms with Gasteiger partial charge in [0, 0.05) is 29.8 Å². The number of ether oxygens (including phenoxy) is 1. The fraction of sp³-hybridized carbons (Fsp3) is 0.375. The molecule has 0 spiro atoms. The quantitative estimate of drug-likeness (QED) is 0.489. The molecule has 34 heavy (non-hydrogen) atoms. The number of rotatable bonds is 6. The molecule has 0 unspecified atom stereocenters. The minimum absolute atomic E-state index is 0.0896. The molecule has 0 atom stereocenters. The van der Waals surface area contributed by atoms with E-state index < -0.39 is 16.0 Å². The molecular weight excluding hydrogens is 460 g/mol. The smallest absolute Gasteiger partial charge is 0.306 e. The Hall–Kier alpha value is -3.40. The van der Waals surface area contributed by atoms with Crippen LogP contribution < -0.4 is 19.1 Å². The number of amides is 2. The highest BCUT2D eigenvalue weighted by molar-refractivity contribution is 7.86. The van der Waals surface area contributed by atoms with Gasteiger partial charge in [-0.05, 0) is 41.8 Å². The van der Waals surface area contributed by atoms with Gasteiger partial charge in [-0.1, -0.05) is 20.8 Å². The van der Waals surface area contributed by atoms with Crippen molar-refractivity contribution >= 4 is 39.1 Å². The average Bonchev–Trinajstić information content (AvgIpc) is 2.72. The third-order valence-corrected chi connectivity index (χ3v) is 5.77. The van der Waals surface area contributed by atoms with E-state index in [-0.39, 0.29) is 47.8 Å². The lowest BCUT2D eigenvalue weighted by molar-refractivity contribution is -0.128. The van der Waals surface area contributed by atoms with Crippen LogP contribution in [0, 0.1) is 0 Å². The number of carbonyl (C=O) groups excluding carboxylic acids is 3. The number of methoxy groups -OCH3 is 1. The summed E-state index contributed by atoms with van der Waals surface area (Å²) in [5, 5.41) is 2.83. The number of nitrogens with one attached hydrogen (secondary N) is 1. The third kappa shape index (κ3) is 5.93. The molecule has 2 aromatic carbocycles. The van der Waals surface area contributed by atoms with Crippen LogP contribution in [0.15, 0.2) is 36.4 Å². The maximum atomic E-state index is 13.0. The maximum absolute atomic E-state index is 13.0. The maximum Gasteiger partial charge on any atom is 0.306 e. The van der Waals surface area contributed by atoms with E-state index in [1.807, 2.05) is 26.8 Å². The molecule has 0 saturated carbocycles. The minimum atomic E-state index is -3.68. The second-order valence-corrected chi connectivity index (χ2v) is 10.7. The summed E-state index contributed by atoms with van der Waals surface area (Å²) in [5.74, 6) is -0.294. The van der Waals surface area contributed by atoms with Crippen LogP contribution >= 0.6 is 0 Å². The van der Waals surface area contributed by atoms with Crippen molar-refractivity contribution in [2.75, 3.05) is 30.1 Å². The number of hydrogen-bond acceptors (Lipinski definition) is 7. The van der Waals surface area contributed by atoms with Crippen molar-refractivity contribution < 1.29 is 31.7 Å². The normalized spacial score (nSPS) is 14.7. The largest absolute Gasteiger partial charge is 0.494 e. The summed E-state index contributed by atoms with van der Waals surface area (Å²) in [4.78, 5) is 38.7. The summed E-state index contributed by atoms with van der Waals surface area (Å²) in [6, 6.07) is 9.15. The van der Waals surface area contributed by atoms with E-state index in [2.05, 4.69) is 5.32 Å². The van der Waals surface area contributed by atoms with Crippen molar-refractivity contribution in [3.63, 3.8) is 0 Å². The minimum Gasteiger partial charge on any atom is -0.494 e. The Balaban J connectivity index is 1.98. The Morgan fingerprint density at radius 1 is 1.09 bits per heavy atom. The molecule has 0 radical (unpaired) electrons. The summed E-state index contributed by atoms with van der Waals surface area (Å²) >= 11 is 0. The third-order valence-electron chi connectivity index (χ3n) is 5.27. The van der Waals surface area contributed by atoms with E-state index in [1.165, 1.54) is 31.4 Å². The molecule has 1 saturated heterocycles. The highest BCUT2D eigenvalue weighted by atomic mass is 32.2. The van der Waals surface area contributed by atoms with E-state index in [0.717, 1.165) is 11.8 Å². The molecule has 0 aliphatic carbocycles. The molecule has 1 fully saturated rings. The van der Waals surface area contributed by atoms with Crippen LogP contribution in [0.25, 0.3) is 0 Å². The first-order valence-electron chi connectivity index (χ1n) is 10.6. The van der Waals surface area contributed by atoms with E-state index in [0.29, 0.717) is 17.1 Å². The van der Waals surface area contributed by atoms with Crippen LogP contribution in [0.3, 0.4) is 0 Å². The fourth-order valence-corrected chi connectivity index (χ4v) is 4.12.